The number of aromatic nitrogens is 2. The number of alkyl halides is 3. The van der Waals surface area contributed by atoms with Gasteiger partial charge in [-0.3, -0.25) is 4.90 Å². The van der Waals surface area contributed by atoms with Crippen LogP contribution in [0.15, 0.2) is 10.8 Å². The minimum atomic E-state index is -4.13. The highest BCUT2D eigenvalue weighted by Crippen LogP contribution is 2.27. The molecule has 0 radical (unpaired) electrons. The number of nitrogens with zero attached hydrogens (tertiary/aromatic N) is 3. The summed E-state index contributed by atoms with van der Waals surface area (Å²) in [6, 6.07) is 0. The third-order valence-corrected chi connectivity index (χ3v) is 4.34. The maximum atomic E-state index is 12.3. The molecular weight excluding hydrogens is 361 g/mol. The average molecular weight is 374 g/mol. The van der Waals surface area contributed by atoms with E-state index in [2.05, 4.69) is 31.2 Å². The maximum Gasteiger partial charge on any atom is 0.401 e. The molecule has 1 aliphatic rings. The van der Waals surface area contributed by atoms with E-state index < -0.39 is 12.7 Å². The molecule has 1 saturated heterocycles. The van der Waals surface area contributed by atoms with Gasteiger partial charge in [-0.25, -0.2) is 9.97 Å². The Morgan fingerprint density at radius 2 is 2.20 bits per heavy atom. The lowest BCUT2D eigenvalue weighted by Crippen LogP contribution is -2.33. The van der Waals surface area contributed by atoms with Gasteiger partial charge in [0.1, 0.15) is 17.3 Å². The SMILES string of the molecule is FC(F)(F)CN1CCC(CNc2ncnc(Cl)c2Br)C1. The fourth-order valence-electron chi connectivity index (χ4n) is 2.19. The van der Waals surface area contributed by atoms with Crippen molar-refractivity contribution in [3.63, 3.8) is 0 Å². The predicted molar refractivity (Wildman–Crippen MR) is 73.8 cm³/mol. The second-order valence-corrected chi connectivity index (χ2v) is 5.86. The lowest BCUT2D eigenvalue weighted by molar-refractivity contribution is -0.143. The smallest absolute Gasteiger partial charge is 0.369 e. The fraction of sp³-hybridized carbons (Fsp3) is 0.636. The molecule has 0 amide bonds. The number of likely N-dealkylation sites (tertiary alicyclic amines) is 1. The standard InChI is InChI=1S/C11H13BrClF3N4/c12-8-9(13)18-6-19-10(8)17-3-7-1-2-20(4-7)5-11(14,15)16/h6-7H,1-5H2,(H,17,18,19). The zero-order valence-corrected chi connectivity index (χ0v) is 12.8. The third kappa shape index (κ3) is 4.46. The van der Waals surface area contributed by atoms with Gasteiger partial charge in [0.25, 0.3) is 0 Å². The van der Waals surface area contributed by atoms with Crippen molar-refractivity contribution in [3.05, 3.63) is 16.0 Å². The number of rotatable bonds is 4. The molecule has 1 N–H and O–H groups in total. The van der Waals surface area contributed by atoms with E-state index in [1.54, 1.807) is 0 Å². The lowest BCUT2D eigenvalue weighted by atomic mass is 10.1. The molecule has 1 aliphatic heterocycles. The lowest BCUT2D eigenvalue weighted by Gasteiger charge is -2.18. The largest absolute Gasteiger partial charge is 0.401 e. The van der Waals surface area contributed by atoms with Gasteiger partial charge in [-0.2, -0.15) is 13.2 Å². The molecule has 20 heavy (non-hydrogen) atoms. The van der Waals surface area contributed by atoms with Crippen molar-refractivity contribution in [2.75, 3.05) is 31.5 Å². The summed E-state index contributed by atoms with van der Waals surface area (Å²) >= 11 is 9.10. The van der Waals surface area contributed by atoms with Crippen LogP contribution in [-0.2, 0) is 0 Å². The molecule has 2 rings (SSSR count). The van der Waals surface area contributed by atoms with E-state index in [0.29, 0.717) is 35.1 Å². The number of nitrogens with one attached hydrogen (secondary N) is 1. The molecule has 0 aliphatic carbocycles. The first-order valence-corrected chi connectivity index (χ1v) is 7.21. The summed E-state index contributed by atoms with van der Waals surface area (Å²) in [6.45, 7) is 0.618. The van der Waals surface area contributed by atoms with E-state index >= 15 is 0 Å². The molecule has 1 unspecified atom stereocenters. The maximum absolute atomic E-state index is 12.3. The number of anilines is 1. The minimum Gasteiger partial charge on any atom is -0.369 e. The van der Waals surface area contributed by atoms with Gasteiger partial charge >= 0.3 is 6.18 Å². The topological polar surface area (TPSA) is 41.0 Å². The molecule has 0 spiro atoms. The van der Waals surface area contributed by atoms with Crippen LogP contribution in [0.4, 0.5) is 19.0 Å². The predicted octanol–water partition coefficient (Wildman–Crippen LogP) is 3.19. The Labute approximate surface area is 127 Å². The average Bonchev–Trinajstić information content (AvgIpc) is 2.76. The second kappa shape index (κ2) is 6.44. The highest BCUT2D eigenvalue weighted by molar-refractivity contribution is 9.10. The van der Waals surface area contributed by atoms with Crippen LogP contribution in [0.3, 0.4) is 0 Å². The highest BCUT2D eigenvalue weighted by atomic mass is 79.9. The molecule has 1 atom stereocenters. The molecule has 1 aromatic heterocycles. The Morgan fingerprint density at radius 1 is 1.45 bits per heavy atom. The Balaban J connectivity index is 1.83. The van der Waals surface area contributed by atoms with Crippen molar-refractivity contribution >= 4 is 33.3 Å². The van der Waals surface area contributed by atoms with E-state index in [9.17, 15) is 13.2 Å². The highest BCUT2D eigenvalue weighted by Gasteiger charge is 2.34. The van der Waals surface area contributed by atoms with E-state index in [1.807, 2.05) is 0 Å². The molecule has 9 heteroatoms. The molecule has 0 aromatic carbocycles. The molecule has 112 valence electrons. The Bertz CT molecular complexity index is 471. The zero-order valence-electron chi connectivity index (χ0n) is 10.4. The minimum absolute atomic E-state index is 0.165. The Morgan fingerprint density at radius 3 is 2.90 bits per heavy atom. The van der Waals surface area contributed by atoms with Crippen molar-refractivity contribution in [1.29, 1.82) is 0 Å². The molecule has 2 heterocycles. The van der Waals surface area contributed by atoms with Gasteiger partial charge in [0.2, 0.25) is 0 Å². The first-order chi connectivity index (χ1) is 9.35. The van der Waals surface area contributed by atoms with E-state index in [-0.39, 0.29) is 5.92 Å². The van der Waals surface area contributed by atoms with Gasteiger partial charge in [-0.05, 0) is 34.8 Å². The normalized spacial score (nSPS) is 20.4. The molecule has 0 bridgehead atoms. The monoisotopic (exact) mass is 372 g/mol. The van der Waals surface area contributed by atoms with E-state index in [0.717, 1.165) is 6.42 Å². The summed E-state index contributed by atoms with van der Waals surface area (Å²) in [6.07, 6.45) is -2.06. The summed E-state index contributed by atoms with van der Waals surface area (Å²) in [5, 5.41) is 3.39. The fourth-order valence-corrected chi connectivity index (χ4v) is 2.67. The van der Waals surface area contributed by atoms with Crippen LogP contribution in [0.2, 0.25) is 5.15 Å². The third-order valence-electron chi connectivity index (χ3n) is 3.08. The Hall–Kier alpha value is -0.600. The number of hydrogen-bond acceptors (Lipinski definition) is 4. The summed E-state index contributed by atoms with van der Waals surface area (Å²) < 4.78 is 37.4. The molecular formula is C11H13BrClF3N4. The van der Waals surface area contributed by atoms with Crippen molar-refractivity contribution in [1.82, 2.24) is 14.9 Å². The van der Waals surface area contributed by atoms with Crippen LogP contribution in [0.5, 0.6) is 0 Å². The molecule has 1 aromatic rings. The quantitative estimate of drug-likeness (QED) is 0.823. The van der Waals surface area contributed by atoms with Gasteiger partial charge in [0.15, 0.2) is 0 Å². The van der Waals surface area contributed by atoms with E-state index in [4.69, 9.17) is 11.6 Å². The van der Waals surface area contributed by atoms with Gasteiger partial charge in [-0.1, -0.05) is 11.6 Å². The van der Waals surface area contributed by atoms with E-state index in [1.165, 1.54) is 11.2 Å². The van der Waals surface area contributed by atoms with Crippen LogP contribution in [-0.4, -0.2) is 47.2 Å². The van der Waals surface area contributed by atoms with Gasteiger partial charge in [0.05, 0.1) is 11.0 Å². The van der Waals surface area contributed by atoms with Gasteiger partial charge in [-0.15, -0.1) is 0 Å². The number of hydrogen-bond donors (Lipinski definition) is 1. The summed E-state index contributed by atoms with van der Waals surface area (Å²) in [5.41, 5.74) is 0. The van der Waals surface area contributed by atoms with Gasteiger partial charge in [0, 0.05) is 13.1 Å². The van der Waals surface area contributed by atoms with Crippen LogP contribution < -0.4 is 5.32 Å². The second-order valence-electron chi connectivity index (χ2n) is 4.71. The van der Waals surface area contributed by atoms with Gasteiger partial charge < -0.3 is 5.32 Å². The first-order valence-electron chi connectivity index (χ1n) is 6.04. The van der Waals surface area contributed by atoms with Crippen molar-refractivity contribution in [2.24, 2.45) is 5.92 Å². The summed E-state index contributed by atoms with van der Waals surface area (Å²) in [7, 11) is 0. The first kappa shape index (κ1) is 15.8. The van der Waals surface area contributed by atoms with Crippen LogP contribution in [0, 0.1) is 5.92 Å². The van der Waals surface area contributed by atoms with Crippen molar-refractivity contribution in [2.45, 2.75) is 12.6 Å². The van der Waals surface area contributed by atoms with Crippen molar-refractivity contribution < 1.29 is 13.2 Å². The summed E-state index contributed by atoms with van der Waals surface area (Å²) in [4.78, 5) is 9.26. The number of halogens is 5. The Kier molecular flexibility index (Phi) is 5.09. The van der Waals surface area contributed by atoms with Crippen LogP contribution >= 0.6 is 27.5 Å². The molecule has 0 saturated carbocycles. The molecule has 4 nitrogen and oxygen atoms in total. The van der Waals surface area contributed by atoms with Crippen LogP contribution in [0.1, 0.15) is 6.42 Å². The molecule has 1 fully saturated rings. The van der Waals surface area contributed by atoms with Crippen molar-refractivity contribution in [3.8, 4) is 0 Å². The zero-order chi connectivity index (χ0) is 14.8. The summed E-state index contributed by atoms with van der Waals surface area (Å²) in [5.74, 6) is 0.720. The van der Waals surface area contributed by atoms with Crippen LogP contribution in [0.25, 0.3) is 0 Å².